The molecule has 2 nitrogen and oxygen atoms in total. The smallest absolute Gasteiger partial charge is 0.0320 e. The van der Waals surface area contributed by atoms with Crippen molar-refractivity contribution in [3.63, 3.8) is 0 Å². The number of aromatic nitrogens is 1. The van der Waals surface area contributed by atoms with Gasteiger partial charge in [-0.15, -0.1) is 0 Å². The van der Waals surface area contributed by atoms with Gasteiger partial charge in [0.15, 0.2) is 0 Å². The summed E-state index contributed by atoms with van der Waals surface area (Å²) in [5.74, 6) is 0. The Morgan fingerprint density at radius 2 is 1.80 bits per heavy atom. The molecule has 106 valence electrons. The lowest BCUT2D eigenvalue weighted by Gasteiger charge is -2.19. The van der Waals surface area contributed by atoms with E-state index in [4.69, 9.17) is 0 Å². The van der Waals surface area contributed by atoms with E-state index in [-0.39, 0.29) is 0 Å². The molecule has 2 rings (SSSR count). The van der Waals surface area contributed by atoms with Gasteiger partial charge in [-0.3, -0.25) is 4.98 Å². The molecule has 0 fully saturated rings. The first-order valence-corrected chi connectivity index (χ1v) is 7.57. The fraction of sp³-hybridized carbons (Fsp3) is 0.389. The molecule has 0 aliphatic carbocycles. The lowest BCUT2D eigenvalue weighted by atomic mass is 10.0. The quantitative estimate of drug-likeness (QED) is 0.778. The highest BCUT2D eigenvalue weighted by Crippen LogP contribution is 2.19. The van der Waals surface area contributed by atoms with E-state index in [0.29, 0.717) is 6.04 Å². The highest BCUT2D eigenvalue weighted by Gasteiger charge is 2.09. The van der Waals surface area contributed by atoms with Gasteiger partial charge in [-0.05, 0) is 42.6 Å². The summed E-state index contributed by atoms with van der Waals surface area (Å²) in [6.45, 7) is 3.26. The first kappa shape index (κ1) is 14.7. The van der Waals surface area contributed by atoms with E-state index in [1.807, 2.05) is 12.4 Å². The van der Waals surface area contributed by atoms with Gasteiger partial charge in [0.2, 0.25) is 0 Å². The Kier molecular flexibility index (Phi) is 6.25. The van der Waals surface area contributed by atoms with Crippen LogP contribution in [0.2, 0.25) is 0 Å². The number of nitrogens with one attached hydrogen (secondary N) is 1. The third-order valence-corrected chi connectivity index (χ3v) is 3.60. The Morgan fingerprint density at radius 1 is 1.05 bits per heavy atom. The zero-order chi connectivity index (χ0) is 14.0. The summed E-state index contributed by atoms with van der Waals surface area (Å²) in [4.78, 5) is 4.06. The molecule has 0 bridgehead atoms. The monoisotopic (exact) mass is 268 g/mol. The van der Waals surface area contributed by atoms with Crippen molar-refractivity contribution >= 4 is 0 Å². The highest BCUT2D eigenvalue weighted by atomic mass is 14.9. The highest BCUT2D eigenvalue weighted by molar-refractivity contribution is 5.19. The van der Waals surface area contributed by atoms with Crippen LogP contribution < -0.4 is 5.32 Å². The van der Waals surface area contributed by atoms with E-state index in [9.17, 15) is 0 Å². The van der Waals surface area contributed by atoms with Crippen LogP contribution >= 0.6 is 0 Å². The van der Waals surface area contributed by atoms with E-state index in [0.717, 1.165) is 13.0 Å². The van der Waals surface area contributed by atoms with Crippen molar-refractivity contribution in [2.45, 2.75) is 38.6 Å². The molecule has 0 saturated heterocycles. The van der Waals surface area contributed by atoms with Crippen molar-refractivity contribution in [3.8, 4) is 0 Å². The predicted molar refractivity (Wildman–Crippen MR) is 84.7 cm³/mol. The zero-order valence-corrected chi connectivity index (χ0v) is 12.3. The second-order valence-corrected chi connectivity index (χ2v) is 5.17. The van der Waals surface area contributed by atoms with Gasteiger partial charge in [0.1, 0.15) is 0 Å². The molecule has 2 aromatic rings. The summed E-state index contributed by atoms with van der Waals surface area (Å²) in [7, 11) is 0. The molecule has 2 heteroatoms. The van der Waals surface area contributed by atoms with Crippen LogP contribution in [0, 0.1) is 0 Å². The number of nitrogens with zero attached hydrogens (tertiary/aromatic N) is 1. The Balaban J connectivity index is 1.88. The van der Waals surface area contributed by atoms with Gasteiger partial charge >= 0.3 is 0 Å². The number of unbranched alkanes of at least 4 members (excludes halogenated alkanes) is 1. The maximum atomic E-state index is 4.06. The summed E-state index contributed by atoms with van der Waals surface area (Å²) in [6, 6.07) is 15.4. The van der Waals surface area contributed by atoms with E-state index in [2.05, 4.69) is 59.7 Å². The van der Waals surface area contributed by atoms with E-state index in [1.54, 1.807) is 0 Å². The topological polar surface area (TPSA) is 24.9 Å². The molecule has 1 heterocycles. The van der Waals surface area contributed by atoms with Crippen molar-refractivity contribution in [2.75, 3.05) is 6.54 Å². The molecule has 1 unspecified atom stereocenters. The largest absolute Gasteiger partial charge is 0.310 e. The maximum Gasteiger partial charge on any atom is 0.0320 e. The second-order valence-electron chi connectivity index (χ2n) is 5.17. The number of benzene rings is 1. The predicted octanol–water partition coefficient (Wildman–Crippen LogP) is 4.15. The molecule has 0 saturated carbocycles. The van der Waals surface area contributed by atoms with Crippen LogP contribution in [0.1, 0.15) is 43.4 Å². The molecule has 1 aromatic heterocycles. The summed E-state index contributed by atoms with van der Waals surface area (Å²) in [5, 5.41) is 3.70. The zero-order valence-electron chi connectivity index (χ0n) is 12.3. The van der Waals surface area contributed by atoms with E-state index in [1.165, 1.54) is 30.4 Å². The van der Waals surface area contributed by atoms with Crippen LogP contribution in [0.4, 0.5) is 0 Å². The van der Waals surface area contributed by atoms with Crippen LogP contribution in [-0.4, -0.2) is 11.5 Å². The Labute approximate surface area is 122 Å². The Hall–Kier alpha value is -1.67. The number of hydrogen-bond donors (Lipinski definition) is 1. The van der Waals surface area contributed by atoms with Crippen molar-refractivity contribution in [2.24, 2.45) is 0 Å². The molecule has 1 atom stereocenters. The third kappa shape index (κ3) is 4.78. The summed E-state index contributed by atoms with van der Waals surface area (Å²) >= 11 is 0. The van der Waals surface area contributed by atoms with Crippen LogP contribution in [0.5, 0.6) is 0 Å². The van der Waals surface area contributed by atoms with Crippen molar-refractivity contribution in [1.82, 2.24) is 10.3 Å². The molecule has 20 heavy (non-hydrogen) atoms. The molecule has 0 spiro atoms. The number of hydrogen-bond acceptors (Lipinski definition) is 2. The van der Waals surface area contributed by atoms with Gasteiger partial charge in [0.05, 0.1) is 0 Å². The average molecular weight is 268 g/mol. The minimum atomic E-state index is 0.470. The Bertz CT molecular complexity index is 467. The maximum absolute atomic E-state index is 4.06. The van der Waals surface area contributed by atoms with Crippen LogP contribution in [0.15, 0.2) is 54.9 Å². The van der Waals surface area contributed by atoms with Gasteiger partial charge < -0.3 is 5.32 Å². The van der Waals surface area contributed by atoms with Gasteiger partial charge in [-0.25, -0.2) is 0 Å². The summed E-state index contributed by atoms with van der Waals surface area (Å²) < 4.78 is 0. The first-order chi connectivity index (χ1) is 9.90. The molecule has 1 N–H and O–H groups in total. The van der Waals surface area contributed by atoms with Crippen molar-refractivity contribution in [3.05, 3.63) is 66.0 Å². The van der Waals surface area contributed by atoms with Crippen LogP contribution in [0.3, 0.4) is 0 Å². The van der Waals surface area contributed by atoms with Crippen LogP contribution in [-0.2, 0) is 6.42 Å². The normalized spacial score (nSPS) is 12.2. The fourth-order valence-electron chi connectivity index (χ4n) is 2.42. The van der Waals surface area contributed by atoms with Gasteiger partial charge in [-0.2, -0.15) is 0 Å². The lowest BCUT2D eigenvalue weighted by molar-refractivity contribution is 0.484. The van der Waals surface area contributed by atoms with Crippen molar-refractivity contribution in [1.29, 1.82) is 0 Å². The van der Waals surface area contributed by atoms with Gasteiger partial charge in [0.25, 0.3) is 0 Å². The van der Waals surface area contributed by atoms with Crippen molar-refractivity contribution < 1.29 is 0 Å². The molecule has 0 aliphatic heterocycles. The molecule has 0 radical (unpaired) electrons. The number of pyridine rings is 1. The van der Waals surface area contributed by atoms with Crippen LogP contribution in [0.25, 0.3) is 0 Å². The van der Waals surface area contributed by atoms with Gasteiger partial charge in [-0.1, -0.05) is 50.1 Å². The van der Waals surface area contributed by atoms with E-state index < -0.39 is 0 Å². The fourth-order valence-corrected chi connectivity index (χ4v) is 2.42. The van der Waals surface area contributed by atoms with E-state index >= 15 is 0 Å². The SMILES string of the molecule is CCCCC(NCCc1ccncc1)c1ccccc1. The summed E-state index contributed by atoms with van der Waals surface area (Å²) in [5.41, 5.74) is 2.74. The average Bonchev–Trinajstić information content (AvgIpc) is 2.52. The lowest BCUT2D eigenvalue weighted by Crippen LogP contribution is -2.23. The number of rotatable bonds is 8. The standard InChI is InChI=1S/C18H24N2/c1-2-3-9-18(17-7-5-4-6-8-17)20-15-12-16-10-13-19-14-11-16/h4-8,10-11,13-14,18,20H,2-3,9,12,15H2,1H3. The van der Waals surface area contributed by atoms with Gasteiger partial charge in [0, 0.05) is 18.4 Å². The minimum absolute atomic E-state index is 0.470. The molecular formula is C18H24N2. The second kappa shape index (κ2) is 8.49. The minimum Gasteiger partial charge on any atom is -0.310 e. The third-order valence-electron chi connectivity index (χ3n) is 3.60. The molecule has 0 aliphatic rings. The Morgan fingerprint density at radius 3 is 2.50 bits per heavy atom. The first-order valence-electron chi connectivity index (χ1n) is 7.57. The molecular weight excluding hydrogens is 244 g/mol. The molecule has 0 amide bonds. The summed E-state index contributed by atoms with van der Waals surface area (Å²) in [6.07, 6.45) is 8.49. The molecule has 1 aromatic carbocycles.